The minimum atomic E-state index is -2.84. The number of alkyl halides is 2. The fourth-order valence-electron chi connectivity index (χ4n) is 1.02. The highest BCUT2D eigenvalue weighted by molar-refractivity contribution is 7.85. The monoisotopic (exact) mass is 252 g/mol. The first-order chi connectivity index (χ1) is 7.41. The van der Waals surface area contributed by atoms with Crippen LogP contribution >= 0.6 is 0 Å². The summed E-state index contributed by atoms with van der Waals surface area (Å²) < 4.78 is 48.2. The third-order valence-corrected chi connectivity index (χ3v) is 3.06. The number of carboxylic acid groups (broad SMARTS) is 1. The summed E-state index contributed by atoms with van der Waals surface area (Å²) in [5.74, 6) is -3.31. The Morgan fingerprint density at radius 3 is 2.56 bits per heavy atom. The predicted octanol–water partition coefficient (Wildman–Crippen LogP) is 1.90. The summed E-state index contributed by atoms with van der Waals surface area (Å²) in [6.45, 7) is 0. The fraction of sp³-hybridized carbons (Fsp3) is 0.222. The van der Waals surface area contributed by atoms with E-state index in [0.717, 1.165) is 18.2 Å². The van der Waals surface area contributed by atoms with Crippen molar-refractivity contribution in [2.45, 2.75) is 11.3 Å². The van der Waals surface area contributed by atoms with E-state index >= 15 is 0 Å². The standard InChI is InChI=1S/C9H7F3O3S/c10-6-2-1-5(9(13)14)3-7(6)16(15)4-8(11)12/h1-3,8H,4H2,(H,13,14). The van der Waals surface area contributed by atoms with Gasteiger partial charge in [-0.15, -0.1) is 0 Å². The van der Waals surface area contributed by atoms with E-state index in [9.17, 15) is 22.2 Å². The SMILES string of the molecule is O=C(O)c1ccc(F)c(S(=O)CC(F)F)c1. The molecule has 7 heteroatoms. The second kappa shape index (κ2) is 5.11. The molecule has 1 N–H and O–H groups in total. The zero-order chi connectivity index (χ0) is 12.3. The summed E-state index contributed by atoms with van der Waals surface area (Å²) in [4.78, 5) is 10.0. The van der Waals surface area contributed by atoms with Crippen LogP contribution in [-0.4, -0.2) is 27.5 Å². The molecule has 3 nitrogen and oxygen atoms in total. The van der Waals surface area contributed by atoms with Gasteiger partial charge in [0.25, 0.3) is 0 Å². The molecule has 0 aromatic heterocycles. The molecule has 88 valence electrons. The topological polar surface area (TPSA) is 54.4 Å². The van der Waals surface area contributed by atoms with Gasteiger partial charge in [0.05, 0.1) is 27.0 Å². The highest BCUT2D eigenvalue weighted by atomic mass is 32.2. The van der Waals surface area contributed by atoms with Crippen LogP contribution in [0.4, 0.5) is 13.2 Å². The van der Waals surface area contributed by atoms with Crippen LogP contribution in [0.3, 0.4) is 0 Å². The van der Waals surface area contributed by atoms with E-state index in [-0.39, 0.29) is 5.56 Å². The molecule has 1 unspecified atom stereocenters. The van der Waals surface area contributed by atoms with E-state index in [1.165, 1.54) is 0 Å². The third-order valence-electron chi connectivity index (χ3n) is 1.70. The summed E-state index contributed by atoms with van der Waals surface area (Å²) in [6.07, 6.45) is -2.84. The van der Waals surface area contributed by atoms with E-state index < -0.39 is 39.7 Å². The highest BCUT2D eigenvalue weighted by Crippen LogP contribution is 2.16. The molecular formula is C9H7F3O3S. The molecule has 0 aliphatic carbocycles. The normalized spacial score (nSPS) is 12.8. The maximum atomic E-state index is 13.1. The van der Waals surface area contributed by atoms with Crippen LogP contribution in [0.25, 0.3) is 0 Å². The molecule has 16 heavy (non-hydrogen) atoms. The van der Waals surface area contributed by atoms with Crippen molar-refractivity contribution in [3.63, 3.8) is 0 Å². The van der Waals surface area contributed by atoms with Gasteiger partial charge in [0.2, 0.25) is 6.43 Å². The number of hydrogen-bond acceptors (Lipinski definition) is 2. The van der Waals surface area contributed by atoms with E-state index in [0.29, 0.717) is 0 Å². The Bertz CT molecular complexity index is 434. The van der Waals surface area contributed by atoms with Gasteiger partial charge < -0.3 is 5.11 Å². The molecule has 1 aromatic carbocycles. The molecule has 0 radical (unpaired) electrons. The molecule has 0 fully saturated rings. The quantitative estimate of drug-likeness (QED) is 0.890. The molecule has 0 spiro atoms. The lowest BCUT2D eigenvalue weighted by atomic mass is 10.2. The molecule has 1 aromatic rings. The third kappa shape index (κ3) is 3.06. The summed E-state index contributed by atoms with van der Waals surface area (Å²) >= 11 is 0. The minimum Gasteiger partial charge on any atom is -0.478 e. The van der Waals surface area contributed by atoms with Crippen LogP contribution in [0.15, 0.2) is 23.1 Å². The summed E-state index contributed by atoms with van der Waals surface area (Å²) in [5, 5.41) is 8.59. The first-order valence-corrected chi connectivity index (χ1v) is 5.43. The smallest absolute Gasteiger partial charge is 0.335 e. The number of aromatic carboxylic acids is 1. The zero-order valence-electron chi connectivity index (χ0n) is 7.82. The fourth-order valence-corrected chi connectivity index (χ4v) is 1.97. The second-order valence-corrected chi connectivity index (χ2v) is 4.32. The van der Waals surface area contributed by atoms with Crippen molar-refractivity contribution in [3.05, 3.63) is 29.6 Å². The predicted molar refractivity (Wildman–Crippen MR) is 50.6 cm³/mol. The first kappa shape index (κ1) is 12.7. The molecular weight excluding hydrogens is 245 g/mol. The van der Waals surface area contributed by atoms with Crippen molar-refractivity contribution < 1.29 is 27.3 Å². The average molecular weight is 252 g/mol. The van der Waals surface area contributed by atoms with Gasteiger partial charge in [-0.25, -0.2) is 18.0 Å². The molecule has 0 saturated carbocycles. The molecule has 0 bridgehead atoms. The van der Waals surface area contributed by atoms with Gasteiger partial charge in [-0.05, 0) is 18.2 Å². The zero-order valence-corrected chi connectivity index (χ0v) is 8.64. The van der Waals surface area contributed by atoms with E-state index in [1.807, 2.05) is 0 Å². The Morgan fingerprint density at radius 2 is 2.06 bits per heavy atom. The molecule has 0 aliphatic heterocycles. The lowest BCUT2D eigenvalue weighted by Crippen LogP contribution is -2.09. The second-order valence-electron chi connectivity index (χ2n) is 2.85. The van der Waals surface area contributed by atoms with E-state index in [1.54, 1.807) is 0 Å². The van der Waals surface area contributed by atoms with Crippen molar-refractivity contribution >= 4 is 16.8 Å². The minimum absolute atomic E-state index is 0.293. The Hall–Kier alpha value is -1.37. The van der Waals surface area contributed by atoms with Crippen molar-refractivity contribution in [3.8, 4) is 0 Å². The van der Waals surface area contributed by atoms with Crippen molar-refractivity contribution in [1.82, 2.24) is 0 Å². The number of halogens is 3. The van der Waals surface area contributed by atoms with Gasteiger partial charge in [-0.2, -0.15) is 0 Å². The summed E-state index contributed by atoms with van der Waals surface area (Å²) in [7, 11) is -2.24. The lowest BCUT2D eigenvalue weighted by Gasteiger charge is -2.04. The largest absolute Gasteiger partial charge is 0.478 e. The maximum Gasteiger partial charge on any atom is 0.335 e. The number of hydrogen-bond donors (Lipinski definition) is 1. The molecule has 0 saturated heterocycles. The average Bonchev–Trinajstić information content (AvgIpc) is 2.16. The highest BCUT2D eigenvalue weighted by Gasteiger charge is 2.17. The van der Waals surface area contributed by atoms with Crippen LogP contribution in [0, 0.1) is 5.82 Å². The molecule has 0 heterocycles. The maximum absolute atomic E-state index is 13.1. The van der Waals surface area contributed by atoms with Crippen molar-refractivity contribution in [1.29, 1.82) is 0 Å². The van der Waals surface area contributed by atoms with Gasteiger partial charge >= 0.3 is 5.97 Å². The van der Waals surface area contributed by atoms with Crippen LogP contribution in [0.5, 0.6) is 0 Å². The lowest BCUT2D eigenvalue weighted by molar-refractivity contribution is 0.0696. The molecule has 0 aliphatic rings. The van der Waals surface area contributed by atoms with Gasteiger partial charge in [-0.1, -0.05) is 0 Å². The van der Waals surface area contributed by atoms with Gasteiger partial charge in [0.15, 0.2) is 0 Å². The van der Waals surface area contributed by atoms with E-state index in [4.69, 9.17) is 5.11 Å². The van der Waals surface area contributed by atoms with Gasteiger partial charge in [-0.3, -0.25) is 4.21 Å². The Balaban J connectivity index is 3.07. The van der Waals surface area contributed by atoms with Crippen molar-refractivity contribution in [2.24, 2.45) is 0 Å². The number of rotatable bonds is 4. The molecule has 1 rings (SSSR count). The summed E-state index contributed by atoms with van der Waals surface area (Å²) in [6, 6.07) is 2.57. The van der Waals surface area contributed by atoms with Crippen molar-refractivity contribution in [2.75, 3.05) is 5.75 Å². The van der Waals surface area contributed by atoms with Crippen LogP contribution < -0.4 is 0 Å². The molecule has 1 atom stereocenters. The Morgan fingerprint density at radius 1 is 1.44 bits per heavy atom. The summed E-state index contributed by atoms with van der Waals surface area (Å²) in [5.41, 5.74) is -0.293. The van der Waals surface area contributed by atoms with E-state index in [2.05, 4.69) is 0 Å². The molecule has 0 amide bonds. The van der Waals surface area contributed by atoms with Crippen LogP contribution in [0.2, 0.25) is 0 Å². The number of carbonyl (C=O) groups is 1. The Kier molecular flexibility index (Phi) is 4.05. The van der Waals surface area contributed by atoms with Crippen LogP contribution in [0.1, 0.15) is 10.4 Å². The number of benzene rings is 1. The van der Waals surface area contributed by atoms with Gasteiger partial charge in [0, 0.05) is 0 Å². The van der Waals surface area contributed by atoms with Crippen LogP contribution in [-0.2, 0) is 10.8 Å². The Labute approximate surface area is 91.4 Å². The number of carboxylic acids is 1. The van der Waals surface area contributed by atoms with Gasteiger partial charge in [0.1, 0.15) is 5.82 Å². The first-order valence-electron chi connectivity index (χ1n) is 4.11.